The maximum absolute atomic E-state index is 15.2. The molecule has 3 aromatic rings. The Morgan fingerprint density at radius 3 is 2.73 bits per heavy atom. The quantitative estimate of drug-likeness (QED) is 0.501. The molecule has 1 fully saturated rings. The molecule has 1 amide bonds. The number of aromatic nitrogens is 3. The number of hydrogen-bond donors (Lipinski definition) is 3. The molecule has 4 rings (SSSR count). The number of nitrogens with one attached hydrogen (secondary N) is 1. The van der Waals surface area contributed by atoms with Gasteiger partial charge in [0.1, 0.15) is 28.5 Å². The predicted molar refractivity (Wildman–Crippen MR) is 123 cm³/mol. The summed E-state index contributed by atoms with van der Waals surface area (Å²) in [7, 11) is 0. The normalized spacial score (nSPS) is 18.9. The van der Waals surface area contributed by atoms with Gasteiger partial charge in [0, 0.05) is 29.9 Å². The van der Waals surface area contributed by atoms with Crippen molar-refractivity contribution in [2.24, 2.45) is 0 Å². The number of amides is 1. The van der Waals surface area contributed by atoms with Crippen molar-refractivity contribution in [2.75, 3.05) is 5.73 Å². The van der Waals surface area contributed by atoms with E-state index in [0.717, 1.165) is 0 Å². The van der Waals surface area contributed by atoms with E-state index in [1.165, 1.54) is 6.07 Å². The summed E-state index contributed by atoms with van der Waals surface area (Å²) in [6.45, 7) is 7.31. The molecule has 176 valence electrons. The molecule has 1 aromatic carbocycles. The maximum Gasteiger partial charge on any atom is 0.258 e. The van der Waals surface area contributed by atoms with Gasteiger partial charge >= 0.3 is 0 Å². The topological polar surface area (TPSA) is 115 Å². The largest absolute Gasteiger partial charge is 0.490 e. The van der Waals surface area contributed by atoms with Gasteiger partial charge in [0.2, 0.25) is 0 Å². The van der Waals surface area contributed by atoms with Crippen LogP contribution in [-0.4, -0.2) is 43.6 Å². The molecular formula is C23H27ClFN5O3. The summed E-state index contributed by atoms with van der Waals surface area (Å²) >= 11 is 6.25. The van der Waals surface area contributed by atoms with Crippen molar-refractivity contribution in [3.63, 3.8) is 0 Å². The summed E-state index contributed by atoms with van der Waals surface area (Å²) in [5.41, 5.74) is 7.70. The van der Waals surface area contributed by atoms with E-state index in [2.05, 4.69) is 15.3 Å². The van der Waals surface area contributed by atoms with Crippen LogP contribution in [0.1, 0.15) is 67.0 Å². The Balaban J connectivity index is 1.85. The van der Waals surface area contributed by atoms with Crippen LogP contribution in [0.4, 0.5) is 10.2 Å². The molecule has 1 atom stereocenters. The zero-order chi connectivity index (χ0) is 24.0. The van der Waals surface area contributed by atoms with Crippen LogP contribution in [0.3, 0.4) is 0 Å². The summed E-state index contributed by atoms with van der Waals surface area (Å²) < 4.78 is 23.0. The highest BCUT2D eigenvalue weighted by atomic mass is 35.5. The van der Waals surface area contributed by atoms with E-state index in [9.17, 15) is 9.90 Å². The fourth-order valence-electron chi connectivity index (χ4n) is 4.19. The monoisotopic (exact) mass is 475 g/mol. The summed E-state index contributed by atoms with van der Waals surface area (Å²) in [6.07, 6.45) is 3.39. The number of nitrogens with zero attached hydrogens (tertiary/aromatic N) is 3. The number of benzene rings is 1. The lowest BCUT2D eigenvalue weighted by molar-refractivity contribution is 0.0559. The maximum atomic E-state index is 15.2. The molecular weight excluding hydrogens is 449 g/mol. The van der Waals surface area contributed by atoms with Crippen molar-refractivity contribution in [1.82, 2.24) is 19.7 Å². The second-order valence-electron chi connectivity index (χ2n) is 8.74. The molecule has 33 heavy (non-hydrogen) atoms. The number of halogens is 2. The van der Waals surface area contributed by atoms with Crippen molar-refractivity contribution < 1.29 is 19.0 Å². The van der Waals surface area contributed by atoms with E-state index < -0.39 is 23.7 Å². The van der Waals surface area contributed by atoms with Crippen molar-refractivity contribution in [3.8, 4) is 5.75 Å². The predicted octanol–water partition coefficient (Wildman–Crippen LogP) is 3.60. The highest BCUT2D eigenvalue weighted by Crippen LogP contribution is 2.40. The van der Waals surface area contributed by atoms with Crippen LogP contribution in [0.5, 0.6) is 5.75 Å². The Morgan fingerprint density at radius 2 is 2.09 bits per heavy atom. The Morgan fingerprint density at radius 1 is 1.39 bits per heavy atom. The van der Waals surface area contributed by atoms with Gasteiger partial charge in [-0.15, -0.1) is 0 Å². The molecule has 4 N–H and O–H groups in total. The lowest BCUT2D eigenvalue weighted by atomic mass is 9.89. The van der Waals surface area contributed by atoms with Crippen molar-refractivity contribution in [1.29, 1.82) is 0 Å². The minimum atomic E-state index is -0.849. The van der Waals surface area contributed by atoms with E-state index in [4.69, 9.17) is 22.1 Å². The van der Waals surface area contributed by atoms with Crippen molar-refractivity contribution in [3.05, 3.63) is 51.9 Å². The van der Waals surface area contributed by atoms with Gasteiger partial charge in [0.15, 0.2) is 5.82 Å². The second kappa shape index (κ2) is 8.79. The standard InChI is InChI=1S/C23H27ClFN5O3/c1-10(2)33-20-15(11(3)22-28-12(4)19-21(26)27-5-6-30(19)22)9-16(24)18(25)17(20)23(32)29-13-7-14(31)8-13/h5-6,9-11,13-14,31H,7-8H2,1-4H3,(H2,26,27)(H,29,32)/t11-,13-,14+/m0/s1. The number of hydrogen-bond acceptors (Lipinski definition) is 6. The average Bonchev–Trinajstić information content (AvgIpc) is 3.06. The van der Waals surface area contributed by atoms with Gasteiger partial charge in [-0.25, -0.2) is 14.4 Å². The lowest BCUT2D eigenvalue weighted by Crippen LogP contribution is -2.47. The molecule has 0 saturated heterocycles. The minimum Gasteiger partial charge on any atom is -0.490 e. The van der Waals surface area contributed by atoms with Gasteiger partial charge in [-0.05, 0) is 39.7 Å². The lowest BCUT2D eigenvalue weighted by Gasteiger charge is -2.32. The van der Waals surface area contributed by atoms with E-state index >= 15 is 4.39 Å². The van der Waals surface area contributed by atoms with Crippen LogP contribution < -0.4 is 15.8 Å². The van der Waals surface area contributed by atoms with E-state index in [1.807, 2.05) is 18.2 Å². The summed E-state index contributed by atoms with van der Waals surface area (Å²) in [6, 6.07) is 1.25. The first-order chi connectivity index (χ1) is 15.6. The molecule has 2 aromatic heterocycles. The number of imidazole rings is 1. The number of aryl methyl sites for hydroxylation is 1. The zero-order valence-corrected chi connectivity index (χ0v) is 19.7. The molecule has 8 nitrogen and oxygen atoms in total. The number of ether oxygens (including phenoxy) is 1. The van der Waals surface area contributed by atoms with Crippen LogP contribution in [-0.2, 0) is 0 Å². The molecule has 0 spiro atoms. The van der Waals surface area contributed by atoms with Gasteiger partial charge in [-0.3, -0.25) is 9.20 Å². The first-order valence-electron chi connectivity index (χ1n) is 10.8. The first-order valence-corrected chi connectivity index (χ1v) is 11.2. The Hall–Kier alpha value is -2.91. The summed E-state index contributed by atoms with van der Waals surface area (Å²) in [5.74, 6) is -0.808. The third-order valence-corrected chi connectivity index (χ3v) is 6.14. The first kappa shape index (κ1) is 23.3. The van der Waals surface area contributed by atoms with E-state index in [-0.39, 0.29) is 28.5 Å². The second-order valence-corrected chi connectivity index (χ2v) is 9.14. The SMILES string of the molecule is Cc1nc([C@@H](C)c2cc(Cl)c(F)c(C(=O)N[C@H]3C[C@@H](O)C3)c2OC(C)C)n2ccnc(N)c12. The number of anilines is 1. The van der Waals surface area contributed by atoms with Gasteiger partial charge in [-0.2, -0.15) is 0 Å². The van der Waals surface area contributed by atoms with Crippen LogP contribution in [0, 0.1) is 12.7 Å². The molecule has 1 saturated carbocycles. The average molecular weight is 476 g/mol. The highest BCUT2D eigenvalue weighted by molar-refractivity contribution is 6.31. The molecule has 1 aliphatic carbocycles. The Kier molecular flexibility index (Phi) is 6.20. The number of carbonyl (C=O) groups excluding carboxylic acids is 1. The van der Waals surface area contributed by atoms with Gasteiger partial charge in [0.05, 0.1) is 22.9 Å². The fraction of sp³-hybridized carbons (Fsp3) is 0.435. The molecule has 0 radical (unpaired) electrons. The number of fused-ring (bicyclic) bond motifs is 1. The molecule has 0 unspecified atom stereocenters. The van der Waals surface area contributed by atoms with Crippen LogP contribution in [0.25, 0.3) is 5.52 Å². The van der Waals surface area contributed by atoms with Gasteiger partial charge < -0.3 is 20.9 Å². The van der Waals surface area contributed by atoms with Crippen molar-refractivity contribution in [2.45, 2.75) is 64.7 Å². The zero-order valence-electron chi connectivity index (χ0n) is 18.9. The number of nitrogen functional groups attached to an aromatic ring is 1. The third-order valence-electron chi connectivity index (χ3n) is 5.87. The number of aliphatic hydroxyl groups excluding tert-OH is 1. The molecule has 2 heterocycles. The highest BCUT2D eigenvalue weighted by Gasteiger charge is 2.33. The fourth-order valence-corrected chi connectivity index (χ4v) is 4.40. The Labute approximate surface area is 195 Å². The smallest absolute Gasteiger partial charge is 0.258 e. The van der Waals surface area contributed by atoms with E-state index in [0.29, 0.717) is 41.3 Å². The van der Waals surface area contributed by atoms with Crippen LogP contribution in [0.15, 0.2) is 18.5 Å². The van der Waals surface area contributed by atoms with Gasteiger partial charge in [0.25, 0.3) is 5.91 Å². The van der Waals surface area contributed by atoms with Crippen molar-refractivity contribution >= 4 is 28.8 Å². The Bertz CT molecular complexity index is 1220. The molecule has 0 bridgehead atoms. The minimum absolute atomic E-state index is 0.119. The molecule has 10 heteroatoms. The number of nitrogens with two attached hydrogens (primary N) is 1. The van der Waals surface area contributed by atoms with Gasteiger partial charge in [-0.1, -0.05) is 18.5 Å². The molecule has 0 aliphatic heterocycles. The number of carbonyl (C=O) groups is 1. The molecule has 1 aliphatic rings. The third kappa shape index (κ3) is 4.22. The summed E-state index contributed by atoms with van der Waals surface area (Å²) in [5, 5.41) is 12.1. The van der Waals surface area contributed by atoms with Crippen LogP contribution in [0.2, 0.25) is 5.02 Å². The number of aliphatic hydroxyl groups is 1. The van der Waals surface area contributed by atoms with E-state index in [1.54, 1.807) is 26.2 Å². The number of rotatable bonds is 6. The summed E-state index contributed by atoms with van der Waals surface area (Å²) in [4.78, 5) is 21.9. The van der Waals surface area contributed by atoms with Crippen LogP contribution >= 0.6 is 11.6 Å².